The van der Waals surface area contributed by atoms with Gasteiger partial charge >= 0.3 is 0 Å². The lowest BCUT2D eigenvalue weighted by Gasteiger charge is -2.34. The van der Waals surface area contributed by atoms with Gasteiger partial charge in [-0.05, 0) is 39.2 Å². The van der Waals surface area contributed by atoms with Crippen molar-refractivity contribution in [2.45, 2.75) is 50.2 Å². The highest BCUT2D eigenvalue weighted by atomic mass is 15.3. The van der Waals surface area contributed by atoms with Crippen LogP contribution in [-0.2, 0) is 0 Å². The molecule has 15 heavy (non-hydrogen) atoms. The van der Waals surface area contributed by atoms with Gasteiger partial charge in [0.25, 0.3) is 0 Å². The molecule has 0 aromatic rings. The van der Waals surface area contributed by atoms with Crippen LogP contribution in [0.5, 0.6) is 0 Å². The molecule has 0 radical (unpaired) electrons. The number of likely N-dealkylation sites (N-methyl/N-ethyl adjacent to an activating group) is 1. The van der Waals surface area contributed by atoms with Gasteiger partial charge in [0.2, 0.25) is 0 Å². The van der Waals surface area contributed by atoms with Crippen LogP contribution in [0.4, 0.5) is 0 Å². The smallest absolute Gasteiger partial charge is 0.102 e. The van der Waals surface area contributed by atoms with E-state index in [-0.39, 0.29) is 0 Å². The molecule has 0 bridgehead atoms. The molecule has 3 heteroatoms. The summed E-state index contributed by atoms with van der Waals surface area (Å²) in [6.45, 7) is 0. The third-order valence-corrected chi connectivity index (χ3v) is 4.29. The van der Waals surface area contributed by atoms with Gasteiger partial charge in [0.05, 0.1) is 12.1 Å². The van der Waals surface area contributed by atoms with Crippen LogP contribution in [0.1, 0.15) is 32.1 Å². The summed E-state index contributed by atoms with van der Waals surface area (Å²) in [5.41, 5.74) is 0. The number of nitrogens with zero attached hydrogens (tertiary/aromatic N) is 2. The molecule has 84 valence electrons. The summed E-state index contributed by atoms with van der Waals surface area (Å²) in [5.74, 6) is 2.23. The summed E-state index contributed by atoms with van der Waals surface area (Å²) < 4.78 is 0. The molecular weight excluding hydrogens is 186 g/mol. The van der Waals surface area contributed by atoms with Gasteiger partial charge in [-0.3, -0.25) is 4.99 Å². The highest BCUT2D eigenvalue weighted by molar-refractivity contribution is 5.88. The van der Waals surface area contributed by atoms with Crippen LogP contribution >= 0.6 is 0 Å². The summed E-state index contributed by atoms with van der Waals surface area (Å²) >= 11 is 0. The Bertz CT molecular complexity index is 283. The predicted molar refractivity (Wildman–Crippen MR) is 62.2 cm³/mol. The van der Waals surface area contributed by atoms with Crippen LogP contribution in [0.2, 0.25) is 0 Å². The van der Waals surface area contributed by atoms with Gasteiger partial charge in [-0.25, -0.2) is 0 Å². The number of amidine groups is 1. The fraction of sp³-hybridized carbons (Fsp3) is 0.917. The van der Waals surface area contributed by atoms with E-state index in [1.54, 1.807) is 0 Å². The molecular formula is C12H21N3. The first-order valence-corrected chi connectivity index (χ1v) is 6.27. The van der Waals surface area contributed by atoms with E-state index in [9.17, 15) is 0 Å². The average molecular weight is 207 g/mol. The van der Waals surface area contributed by atoms with Crippen LogP contribution in [0.15, 0.2) is 4.99 Å². The van der Waals surface area contributed by atoms with Gasteiger partial charge in [0, 0.05) is 19.0 Å². The number of hydrogen-bond acceptors (Lipinski definition) is 3. The Balaban J connectivity index is 1.73. The van der Waals surface area contributed by atoms with Crippen molar-refractivity contribution in [2.75, 3.05) is 14.1 Å². The zero-order chi connectivity index (χ0) is 10.4. The first-order chi connectivity index (χ1) is 7.29. The summed E-state index contributed by atoms with van der Waals surface area (Å²) in [4.78, 5) is 7.41. The highest BCUT2D eigenvalue weighted by Gasteiger charge is 2.43. The summed E-state index contributed by atoms with van der Waals surface area (Å²) in [6, 6.07) is 2.00. The van der Waals surface area contributed by atoms with E-state index in [2.05, 4.69) is 24.3 Å². The molecule has 0 spiro atoms. The van der Waals surface area contributed by atoms with Crippen LogP contribution in [0.25, 0.3) is 0 Å². The number of nitrogens with one attached hydrogen (secondary N) is 1. The maximum Gasteiger partial charge on any atom is 0.102 e. The molecule has 0 amide bonds. The lowest BCUT2D eigenvalue weighted by atomic mass is 9.87. The second kappa shape index (κ2) is 3.48. The fourth-order valence-electron chi connectivity index (χ4n) is 3.13. The standard InChI is InChI=1S/C12H21N3/c1-13-9-5-6-10-11(7-9)15(2)12(14-10)8-3-4-8/h8-11,13H,3-7H2,1-2H3. The van der Waals surface area contributed by atoms with E-state index < -0.39 is 0 Å². The normalized spacial score (nSPS) is 40.3. The number of aliphatic imine (C=N–C) groups is 1. The second-order valence-electron chi connectivity index (χ2n) is 5.31. The van der Waals surface area contributed by atoms with Crippen molar-refractivity contribution in [3.05, 3.63) is 0 Å². The molecule has 2 aliphatic carbocycles. The molecule has 2 fully saturated rings. The van der Waals surface area contributed by atoms with Gasteiger partial charge in [-0.1, -0.05) is 0 Å². The van der Waals surface area contributed by atoms with Gasteiger partial charge in [0.1, 0.15) is 5.84 Å². The lowest BCUT2D eigenvalue weighted by Crippen LogP contribution is -2.46. The Labute approximate surface area is 91.9 Å². The summed E-state index contributed by atoms with van der Waals surface area (Å²) in [7, 11) is 4.34. The van der Waals surface area contributed by atoms with Crippen LogP contribution < -0.4 is 5.32 Å². The maximum absolute atomic E-state index is 4.94. The number of fused-ring (bicyclic) bond motifs is 1. The minimum absolute atomic E-state index is 0.607. The average Bonchev–Trinajstić information content (AvgIpc) is 3.05. The Kier molecular flexibility index (Phi) is 2.23. The zero-order valence-corrected chi connectivity index (χ0v) is 9.74. The Morgan fingerprint density at radius 1 is 1.27 bits per heavy atom. The summed E-state index contributed by atoms with van der Waals surface area (Å²) in [6.07, 6.45) is 6.59. The van der Waals surface area contributed by atoms with Gasteiger partial charge in [-0.2, -0.15) is 0 Å². The lowest BCUT2D eigenvalue weighted by molar-refractivity contribution is 0.237. The van der Waals surface area contributed by atoms with Crippen LogP contribution in [0.3, 0.4) is 0 Å². The largest absolute Gasteiger partial charge is 0.358 e. The highest BCUT2D eigenvalue weighted by Crippen LogP contribution is 2.39. The molecule has 3 atom stereocenters. The van der Waals surface area contributed by atoms with Crippen LogP contribution in [0, 0.1) is 5.92 Å². The topological polar surface area (TPSA) is 27.6 Å². The van der Waals surface area contributed by atoms with Crippen molar-refractivity contribution < 1.29 is 0 Å². The zero-order valence-electron chi connectivity index (χ0n) is 9.74. The monoisotopic (exact) mass is 207 g/mol. The molecule has 3 nitrogen and oxygen atoms in total. The van der Waals surface area contributed by atoms with Crippen molar-refractivity contribution in [3.63, 3.8) is 0 Å². The molecule has 2 saturated carbocycles. The Morgan fingerprint density at radius 3 is 2.73 bits per heavy atom. The molecule has 1 heterocycles. The molecule has 3 rings (SSSR count). The molecule has 3 unspecified atom stereocenters. The third-order valence-electron chi connectivity index (χ3n) is 4.29. The quantitative estimate of drug-likeness (QED) is 0.738. The minimum Gasteiger partial charge on any atom is -0.358 e. The number of rotatable bonds is 2. The fourth-order valence-corrected chi connectivity index (χ4v) is 3.13. The van der Waals surface area contributed by atoms with Crippen molar-refractivity contribution >= 4 is 5.84 Å². The molecule has 0 aromatic carbocycles. The molecule has 0 aromatic heterocycles. The first-order valence-electron chi connectivity index (χ1n) is 6.27. The summed E-state index contributed by atoms with van der Waals surface area (Å²) in [5, 5.41) is 3.42. The van der Waals surface area contributed by atoms with Gasteiger partial charge in [-0.15, -0.1) is 0 Å². The van der Waals surface area contributed by atoms with Gasteiger partial charge in [0.15, 0.2) is 0 Å². The maximum atomic E-state index is 4.94. The number of hydrogen-bond donors (Lipinski definition) is 1. The molecule has 1 N–H and O–H groups in total. The van der Waals surface area contributed by atoms with E-state index in [0.29, 0.717) is 18.1 Å². The van der Waals surface area contributed by atoms with Crippen molar-refractivity contribution in [2.24, 2.45) is 10.9 Å². The first kappa shape index (κ1) is 9.64. The van der Waals surface area contributed by atoms with E-state index in [1.165, 1.54) is 37.9 Å². The predicted octanol–water partition coefficient (Wildman–Crippen LogP) is 1.25. The SMILES string of the molecule is CNC1CCC2N=C(C3CC3)N(C)C2C1. The van der Waals surface area contributed by atoms with E-state index in [0.717, 1.165) is 5.92 Å². The second-order valence-corrected chi connectivity index (χ2v) is 5.31. The minimum atomic E-state index is 0.607. The van der Waals surface area contributed by atoms with E-state index in [1.807, 2.05) is 0 Å². The van der Waals surface area contributed by atoms with Crippen LogP contribution in [-0.4, -0.2) is 43.0 Å². The third kappa shape index (κ3) is 1.57. The van der Waals surface area contributed by atoms with Crippen molar-refractivity contribution in [1.29, 1.82) is 0 Å². The molecule has 0 saturated heterocycles. The van der Waals surface area contributed by atoms with Crippen molar-refractivity contribution in [3.8, 4) is 0 Å². The Morgan fingerprint density at radius 2 is 2.07 bits per heavy atom. The Hall–Kier alpha value is -0.570. The van der Waals surface area contributed by atoms with Gasteiger partial charge < -0.3 is 10.2 Å². The van der Waals surface area contributed by atoms with Crippen molar-refractivity contribution in [1.82, 2.24) is 10.2 Å². The molecule has 3 aliphatic rings. The van der Waals surface area contributed by atoms with E-state index in [4.69, 9.17) is 4.99 Å². The van der Waals surface area contributed by atoms with E-state index >= 15 is 0 Å². The molecule has 1 aliphatic heterocycles.